The van der Waals surface area contributed by atoms with Crippen LogP contribution in [-0.2, 0) is 9.59 Å². The highest BCUT2D eigenvalue weighted by atomic mass is 16.2. The molecule has 2 unspecified atom stereocenters. The molecule has 0 spiro atoms. The third kappa shape index (κ3) is 7.33. The summed E-state index contributed by atoms with van der Waals surface area (Å²) in [6.07, 6.45) is 11.5. The molecule has 0 aromatic rings. The van der Waals surface area contributed by atoms with Gasteiger partial charge in [0, 0.05) is 19.5 Å². The second-order valence-electron chi connectivity index (χ2n) is 8.45. The van der Waals surface area contributed by atoms with E-state index in [1.807, 2.05) is 19.9 Å². The number of aliphatic imine (C=N–C) groups is 1. The Hall–Kier alpha value is -2.44. The van der Waals surface area contributed by atoms with Crippen molar-refractivity contribution in [1.29, 1.82) is 0 Å². The van der Waals surface area contributed by atoms with Gasteiger partial charge in [0.2, 0.25) is 5.91 Å². The van der Waals surface area contributed by atoms with Crippen molar-refractivity contribution in [2.75, 3.05) is 20.1 Å². The highest BCUT2D eigenvalue weighted by Gasteiger charge is 2.26. The smallest absolute Gasteiger partial charge is 0.320 e. The molecule has 0 saturated heterocycles. The Labute approximate surface area is 186 Å². The summed E-state index contributed by atoms with van der Waals surface area (Å²) in [4.78, 5) is 44.0. The van der Waals surface area contributed by atoms with Crippen molar-refractivity contribution in [3.8, 4) is 0 Å². The summed E-state index contributed by atoms with van der Waals surface area (Å²) in [7, 11) is 1.70. The van der Waals surface area contributed by atoms with Gasteiger partial charge in [-0.2, -0.15) is 0 Å². The lowest BCUT2D eigenvalue weighted by Crippen LogP contribution is -2.45. The molecular formula is C24H38N4O3. The molecular weight excluding hydrogens is 392 g/mol. The number of nitrogens with one attached hydrogen (secondary N) is 2. The van der Waals surface area contributed by atoms with Crippen LogP contribution < -0.4 is 10.6 Å². The monoisotopic (exact) mass is 430 g/mol. The fourth-order valence-electron chi connectivity index (χ4n) is 3.99. The van der Waals surface area contributed by atoms with Gasteiger partial charge >= 0.3 is 6.03 Å². The zero-order valence-corrected chi connectivity index (χ0v) is 19.5. The fraction of sp³-hybridized carbons (Fsp3) is 0.667. The zero-order valence-electron chi connectivity index (χ0n) is 19.5. The van der Waals surface area contributed by atoms with Crippen LogP contribution in [0.1, 0.15) is 72.1 Å². The molecule has 2 aliphatic carbocycles. The Bertz CT molecular complexity index is 754. The van der Waals surface area contributed by atoms with E-state index in [1.54, 1.807) is 11.9 Å². The second-order valence-corrected chi connectivity index (χ2v) is 8.45. The lowest BCUT2D eigenvalue weighted by Gasteiger charge is -2.23. The molecule has 0 fully saturated rings. The molecule has 0 aromatic carbocycles. The van der Waals surface area contributed by atoms with Crippen LogP contribution in [0, 0.1) is 5.92 Å². The van der Waals surface area contributed by atoms with Crippen molar-refractivity contribution in [2.45, 2.75) is 78.2 Å². The molecule has 0 saturated carbocycles. The number of carbonyl (C=O) groups is 3. The molecule has 2 rings (SSSR count). The number of nitrogens with zero attached hydrogens (tertiary/aromatic N) is 2. The summed E-state index contributed by atoms with van der Waals surface area (Å²) < 4.78 is 0. The average Bonchev–Trinajstić information content (AvgIpc) is 2.80. The Morgan fingerprint density at radius 1 is 1.19 bits per heavy atom. The molecule has 7 nitrogen and oxygen atoms in total. The maximum atomic E-state index is 13.1. The topological polar surface area (TPSA) is 90.9 Å². The summed E-state index contributed by atoms with van der Waals surface area (Å²) in [5.41, 5.74) is 2.22. The highest BCUT2D eigenvalue weighted by molar-refractivity contribution is 6.09. The number of likely N-dealkylation sites (N-methyl/N-ethyl adjacent to an activating group) is 1. The van der Waals surface area contributed by atoms with E-state index in [0.29, 0.717) is 18.8 Å². The number of amides is 3. The van der Waals surface area contributed by atoms with E-state index < -0.39 is 12.1 Å². The summed E-state index contributed by atoms with van der Waals surface area (Å²) >= 11 is 0. The van der Waals surface area contributed by atoms with Gasteiger partial charge in [-0.1, -0.05) is 24.6 Å². The number of ketones is 1. The minimum atomic E-state index is -0.488. The summed E-state index contributed by atoms with van der Waals surface area (Å²) in [5, 5.41) is 5.48. The van der Waals surface area contributed by atoms with Crippen LogP contribution in [0.2, 0.25) is 0 Å². The van der Waals surface area contributed by atoms with Crippen LogP contribution in [-0.4, -0.2) is 54.6 Å². The molecule has 172 valence electrons. The Morgan fingerprint density at radius 3 is 2.55 bits per heavy atom. The van der Waals surface area contributed by atoms with Crippen molar-refractivity contribution in [2.24, 2.45) is 10.9 Å². The summed E-state index contributed by atoms with van der Waals surface area (Å²) in [6.45, 7) is 6.40. The number of amidine groups is 1. The normalized spacial score (nSPS) is 20.3. The van der Waals surface area contributed by atoms with E-state index in [0.717, 1.165) is 50.5 Å². The van der Waals surface area contributed by atoms with Crippen LogP contribution in [0.5, 0.6) is 0 Å². The number of rotatable bonds is 8. The molecule has 31 heavy (non-hydrogen) atoms. The third-order valence-electron chi connectivity index (χ3n) is 6.18. The van der Waals surface area contributed by atoms with Crippen molar-refractivity contribution < 1.29 is 14.4 Å². The SMILES string of the molecule is CCC(N=C(NC(=O)NCC(=O)N(C)CC)C1=C(C)CCCC1)C(=O)C1C=CCCC1. The minimum absolute atomic E-state index is 0.0789. The van der Waals surface area contributed by atoms with E-state index >= 15 is 0 Å². The van der Waals surface area contributed by atoms with Gasteiger partial charge in [-0.15, -0.1) is 0 Å². The quantitative estimate of drug-likeness (QED) is 0.349. The Morgan fingerprint density at radius 2 is 1.94 bits per heavy atom. The van der Waals surface area contributed by atoms with E-state index in [1.165, 1.54) is 5.57 Å². The van der Waals surface area contributed by atoms with Gasteiger partial charge in [0.1, 0.15) is 11.9 Å². The maximum absolute atomic E-state index is 13.1. The van der Waals surface area contributed by atoms with Crippen LogP contribution in [0.25, 0.3) is 0 Å². The Kier molecular flexibility index (Phi) is 9.95. The van der Waals surface area contributed by atoms with Crippen LogP contribution >= 0.6 is 0 Å². The predicted molar refractivity (Wildman–Crippen MR) is 124 cm³/mol. The van der Waals surface area contributed by atoms with Gasteiger partial charge in [-0.05, 0) is 70.8 Å². The first-order valence-corrected chi connectivity index (χ1v) is 11.6. The number of urea groups is 1. The fourth-order valence-corrected chi connectivity index (χ4v) is 3.99. The number of carbonyl (C=O) groups excluding carboxylic acids is 3. The van der Waals surface area contributed by atoms with Gasteiger partial charge in [0.15, 0.2) is 5.78 Å². The van der Waals surface area contributed by atoms with E-state index in [2.05, 4.69) is 23.6 Å². The summed E-state index contributed by atoms with van der Waals surface area (Å²) in [5.74, 6) is 0.342. The van der Waals surface area contributed by atoms with E-state index in [4.69, 9.17) is 4.99 Å². The molecule has 2 aliphatic rings. The van der Waals surface area contributed by atoms with Crippen LogP contribution in [0.15, 0.2) is 28.3 Å². The number of hydrogen-bond donors (Lipinski definition) is 2. The second kappa shape index (κ2) is 12.4. The maximum Gasteiger partial charge on any atom is 0.320 e. The zero-order chi connectivity index (χ0) is 22.8. The molecule has 0 heterocycles. The minimum Gasteiger partial charge on any atom is -0.345 e. The average molecular weight is 431 g/mol. The molecule has 0 radical (unpaired) electrons. The first-order chi connectivity index (χ1) is 14.9. The standard InChI is InChI=1S/C24H38N4O3/c1-5-20(22(30)18-13-8-7-9-14-18)26-23(19-15-11-10-12-17(19)3)27-24(31)25-16-21(29)28(4)6-2/h8,13,18,20H,5-7,9-12,14-16H2,1-4H3,(H2,25,26,27,31). The van der Waals surface area contributed by atoms with Crippen molar-refractivity contribution >= 4 is 23.6 Å². The van der Waals surface area contributed by atoms with E-state index in [9.17, 15) is 14.4 Å². The lowest BCUT2D eigenvalue weighted by molar-refractivity contribution is -0.128. The van der Waals surface area contributed by atoms with Crippen LogP contribution in [0.4, 0.5) is 4.79 Å². The largest absolute Gasteiger partial charge is 0.345 e. The molecule has 0 bridgehead atoms. The van der Waals surface area contributed by atoms with Gasteiger partial charge in [0.25, 0.3) is 0 Å². The van der Waals surface area contributed by atoms with Crippen molar-refractivity contribution in [3.05, 3.63) is 23.3 Å². The summed E-state index contributed by atoms with van der Waals surface area (Å²) in [6, 6.07) is -0.958. The van der Waals surface area contributed by atoms with Gasteiger partial charge in [-0.25, -0.2) is 4.79 Å². The molecule has 2 atom stereocenters. The Balaban J connectivity index is 2.20. The first kappa shape index (κ1) is 24.8. The molecule has 0 aromatic heterocycles. The van der Waals surface area contributed by atoms with Crippen molar-refractivity contribution in [3.63, 3.8) is 0 Å². The molecule has 7 heteroatoms. The number of allylic oxidation sites excluding steroid dienone is 3. The predicted octanol–water partition coefficient (Wildman–Crippen LogP) is 3.76. The highest BCUT2D eigenvalue weighted by Crippen LogP contribution is 2.26. The van der Waals surface area contributed by atoms with Gasteiger partial charge in [0.05, 0.1) is 6.54 Å². The van der Waals surface area contributed by atoms with Gasteiger partial charge in [-0.3, -0.25) is 19.9 Å². The number of hydrogen-bond acceptors (Lipinski definition) is 4. The first-order valence-electron chi connectivity index (χ1n) is 11.6. The van der Waals surface area contributed by atoms with Crippen LogP contribution in [0.3, 0.4) is 0 Å². The number of Topliss-reactive ketones (excluding diaryl/α,β-unsaturated/α-hetero) is 1. The van der Waals surface area contributed by atoms with Gasteiger partial charge < -0.3 is 10.2 Å². The third-order valence-corrected chi connectivity index (χ3v) is 6.18. The van der Waals surface area contributed by atoms with E-state index in [-0.39, 0.29) is 24.2 Å². The molecule has 3 amide bonds. The molecule has 2 N–H and O–H groups in total. The molecule has 0 aliphatic heterocycles. The van der Waals surface area contributed by atoms with Crippen molar-refractivity contribution in [1.82, 2.24) is 15.5 Å². The lowest BCUT2D eigenvalue weighted by atomic mass is 9.88.